The molecule has 1 atom stereocenters. The van der Waals surface area contributed by atoms with Gasteiger partial charge in [0, 0.05) is 5.56 Å². The second-order valence-electron chi connectivity index (χ2n) is 8.57. The Morgan fingerprint density at radius 1 is 0.975 bits per heavy atom. The van der Waals surface area contributed by atoms with Crippen LogP contribution in [0.3, 0.4) is 0 Å². The zero-order valence-electron chi connectivity index (χ0n) is 23.5. The van der Waals surface area contributed by atoms with Crippen LogP contribution in [0.15, 0.2) is 51.4 Å². The highest BCUT2D eigenvalue weighted by atomic mass is 32.1. The van der Waals surface area contributed by atoms with E-state index < -0.39 is 12.0 Å². The minimum absolute atomic E-state index is 0.171. The van der Waals surface area contributed by atoms with Crippen LogP contribution in [0.5, 0.6) is 28.7 Å². The summed E-state index contributed by atoms with van der Waals surface area (Å²) in [6.45, 7) is 5.84. The first-order chi connectivity index (χ1) is 19.3. The number of allylic oxidation sites excluding steroid dienone is 1. The van der Waals surface area contributed by atoms with Crippen molar-refractivity contribution in [2.75, 3.05) is 41.7 Å². The fourth-order valence-corrected chi connectivity index (χ4v) is 5.68. The Kier molecular flexibility index (Phi) is 8.83. The summed E-state index contributed by atoms with van der Waals surface area (Å²) >= 11 is 1.21. The molecule has 0 aliphatic carbocycles. The highest BCUT2D eigenvalue weighted by molar-refractivity contribution is 7.07. The van der Waals surface area contributed by atoms with Crippen molar-refractivity contribution in [2.24, 2.45) is 4.99 Å². The van der Waals surface area contributed by atoms with E-state index in [0.717, 1.165) is 0 Å². The fourth-order valence-electron chi connectivity index (χ4n) is 4.63. The highest BCUT2D eigenvalue weighted by Gasteiger charge is 2.36. The largest absolute Gasteiger partial charge is 0.493 e. The molecule has 10 nitrogen and oxygen atoms in total. The molecular weight excluding hydrogens is 536 g/mol. The maximum atomic E-state index is 14.0. The summed E-state index contributed by atoms with van der Waals surface area (Å²) in [5.74, 6) is 1.72. The number of aromatic nitrogens is 1. The van der Waals surface area contributed by atoms with Gasteiger partial charge in [-0.1, -0.05) is 23.5 Å². The van der Waals surface area contributed by atoms with Crippen LogP contribution in [-0.4, -0.2) is 52.2 Å². The molecule has 0 N–H and O–H groups in total. The van der Waals surface area contributed by atoms with Crippen molar-refractivity contribution >= 4 is 23.4 Å². The number of hydrogen-bond donors (Lipinski definition) is 0. The Hall–Kier alpha value is -4.25. The van der Waals surface area contributed by atoms with Crippen molar-refractivity contribution in [2.45, 2.75) is 26.8 Å². The van der Waals surface area contributed by atoms with E-state index in [9.17, 15) is 9.59 Å². The second kappa shape index (κ2) is 12.3. The summed E-state index contributed by atoms with van der Waals surface area (Å²) in [5, 5.41) is 0. The maximum absolute atomic E-state index is 14.0. The Labute approximate surface area is 235 Å². The predicted molar refractivity (Wildman–Crippen MR) is 151 cm³/mol. The molecule has 0 radical (unpaired) electrons. The highest BCUT2D eigenvalue weighted by Crippen LogP contribution is 2.41. The van der Waals surface area contributed by atoms with Gasteiger partial charge in [-0.05, 0) is 50.6 Å². The van der Waals surface area contributed by atoms with Gasteiger partial charge in [0.25, 0.3) is 5.56 Å². The van der Waals surface area contributed by atoms with Gasteiger partial charge in [0.15, 0.2) is 27.8 Å². The average molecular weight is 569 g/mol. The number of carbonyl (C=O) groups excluding carboxylic acids is 1. The number of hydrogen-bond acceptors (Lipinski definition) is 10. The third-order valence-electron chi connectivity index (χ3n) is 6.31. The Bertz CT molecular complexity index is 1610. The predicted octanol–water partition coefficient (Wildman–Crippen LogP) is 3.23. The van der Waals surface area contributed by atoms with Crippen LogP contribution in [0.4, 0.5) is 0 Å². The number of para-hydroxylation sites is 1. The van der Waals surface area contributed by atoms with E-state index in [4.69, 9.17) is 28.4 Å². The lowest BCUT2D eigenvalue weighted by atomic mass is 9.94. The topological polar surface area (TPSA) is 107 Å². The summed E-state index contributed by atoms with van der Waals surface area (Å²) < 4.78 is 35.2. The SMILES string of the molecule is CCOC(=O)C1=C(C)N=c2s/c(=C/c3cc(OC)c(OC)c(OC)c3)c(=O)n2[C@H]1c1cccc(OC)c1OCC. The Morgan fingerprint density at radius 3 is 2.23 bits per heavy atom. The van der Waals surface area contributed by atoms with E-state index in [1.807, 2.05) is 13.0 Å². The molecule has 3 aromatic rings. The van der Waals surface area contributed by atoms with E-state index in [1.165, 1.54) is 44.3 Å². The van der Waals surface area contributed by atoms with Gasteiger partial charge in [0.1, 0.15) is 6.04 Å². The first kappa shape index (κ1) is 28.8. The summed E-state index contributed by atoms with van der Waals surface area (Å²) in [6, 6.07) is 8.02. The molecule has 2 heterocycles. The number of fused-ring (bicyclic) bond motifs is 1. The van der Waals surface area contributed by atoms with E-state index in [-0.39, 0.29) is 17.7 Å². The molecular formula is C29H32N2O8S. The molecule has 0 amide bonds. The molecule has 2 aromatic carbocycles. The molecule has 0 unspecified atom stereocenters. The first-order valence-corrected chi connectivity index (χ1v) is 13.4. The molecule has 4 rings (SSSR count). The maximum Gasteiger partial charge on any atom is 0.338 e. The summed E-state index contributed by atoms with van der Waals surface area (Å²) in [5.41, 5.74) is 1.62. The van der Waals surface area contributed by atoms with Gasteiger partial charge in [-0.2, -0.15) is 0 Å². The molecule has 1 aromatic heterocycles. The molecule has 0 bridgehead atoms. The molecule has 212 valence electrons. The lowest BCUT2D eigenvalue weighted by Gasteiger charge is -2.26. The van der Waals surface area contributed by atoms with Crippen LogP contribution in [0, 0.1) is 0 Å². The van der Waals surface area contributed by atoms with Crippen molar-refractivity contribution in [3.05, 3.63) is 72.4 Å². The van der Waals surface area contributed by atoms with Gasteiger partial charge < -0.3 is 28.4 Å². The van der Waals surface area contributed by atoms with Crippen molar-refractivity contribution in [3.63, 3.8) is 0 Å². The first-order valence-electron chi connectivity index (χ1n) is 12.6. The Balaban J connectivity index is 2.01. The summed E-state index contributed by atoms with van der Waals surface area (Å²) in [4.78, 5) is 32.4. The Morgan fingerprint density at radius 2 is 1.65 bits per heavy atom. The number of thiazole rings is 1. The summed E-state index contributed by atoms with van der Waals surface area (Å²) in [6.07, 6.45) is 1.73. The van der Waals surface area contributed by atoms with E-state index in [2.05, 4.69) is 4.99 Å². The summed E-state index contributed by atoms with van der Waals surface area (Å²) in [7, 11) is 6.12. The van der Waals surface area contributed by atoms with Crippen LogP contribution in [-0.2, 0) is 9.53 Å². The molecule has 11 heteroatoms. The monoisotopic (exact) mass is 568 g/mol. The lowest BCUT2D eigenvalue weighted by Crippen LogP contribution is -2.40. The van der Waals surface area contributed by atoms with E-state index >= 15 is 0 Å². The van der Waals surface area contributed by atoms with Crippen LogP contribution in [0.2, 0.25) is 0 Å². The minimum Gasteiger partial charge on any atom is -0.493 e. The molecule has 0 fully saturated rings. The molecule has 1 aliphatic heterocycles. The number of carbonyl (C=O) groups is 1. The standard InChI is InChI=1S/C29H32N2O8S/c1-8-38-25-18(11-10-12-19(25)34-4)24-23(28(33)39-9-2)16(3)30-29-31(24)27(32)22(40-29)15-17-13-20(35-5)26(37-7)21(14-17)36-6/h10-15,24H,8-9H2,1-7H3/b22-15+/t24-/m0/s1. The lowest BCUT2D eigenvalue weighted by molar-refractivity contribution is -0.139. The van der Waals surface area contributed by atoms with Gasteiger partial charge in [-0.15, -0.1) is 0 Å². The van der Waals surface area contributed by atoms with Gasteiger partial charge >= 0.3 is 5.97 Å². The van der Waals surface area contributed by atoms with Gasteiger partial charge in [-0.3, -0.25) is 9.36 Å². The van der Waals surface area contributed by atoms with Gasteiger partial charge in [-0.25, -0.2) is 9.79 Å². The van der Waals surface area contributed by atoms with Crippen LogP contribution < -0.4 is 38.6 Å². The smallest absolute Gasteiger partial charge is 0.338 e. The van der Waals surface area contributed by atoms with Gasteiger partial charge in [0.2, 0.25) is 5.75 Å². The molecule has 40 heavy (non-hydrogen) atoms. The number of rotatable bonds is 10. The van der Waals surface area contributed by atoms with Crippen LogP contribution in [0.1, 0.15) is 37.9 Å². The van der Waals surface area contributed by atoms with Crippen molar-refractivity contribution < 1.29 is 33.2 Å². The normalized spacial score (nSPS) is 14.8. The zero-order chi connectivity index (χ0) is 29.0. The molecule has 0 saturated carbocycles. The second-order valence-corrected chi connectivity index (χ2v) is 9.58. The van der Waals surface area contributed by atoms with E-state index in [0.29, 0.717) is 61.5 Å². The number of nitrogens with zero attached hydrogens (tertiary/aromatic N) is 2. The fraction of sp³-hybridized carbons (Fsp3) is 0.345. The number of ether oxygens (including phenoxy) is 6. The number of esters is 1. The molecule has 1 aliphatic rings. The third-order valence-corrected chi connectivity index (χ3v) is 7.30. The quantitative estimate of drug-likeness (QED) is 0.343. The van der Waals surface area contributed by atoms with E-state index in [1.54, 1.807) is 44.2 Å². The van der Waals surface area contributed by atoms with Crippen LogP contribution >= 0.6 is 11.3 Å². The molecule has 0 spiro atoms. The average Bonchev–Trinajstić information content (AvgIpc) is 3.25. The molecule has 0 saturated heterocycles. The minimum atomic E-state index is -0.853. The van der Waals surface area contributed by atoms with Crippen molar-refractivity contribution in [1.29, 1.82) is 0 Å². The van der Waals surface area contributed by atoms with Crippen LogP contribution in [0.25, 0.3) is 6.08 Å². The van der Waals surface area contributed by atoms with Crippen molar-refractivity contribution in [1.82, 2.24) is 4.57 Å². The zero-order valence-corrected chi connectivity index (χ0v) is 24.3. The third kappa shape index (κ3) is 5.16. The van der Waals surface area contributed by atoms with Gasteiger partial charge in [0.05, 0.1) is 57.5 Å². The number of methoxy groups -OCH3 is 4. The van der Waals surface area contributed by atoms with Crippen molar-refractivity contribution in [3.8, 4) is 28.7 Å². The number of benzene rings is 2.